The number of rotatable bonds is 4. The van der Waals surface area contributed by atoms with Crippen LogP contribution >= 0.6 is 0 Å². The van der Waals surface area contributed by atoms with Crippen molar-refractivity contribution in [1.29, 1.82) is 0 Å². The summed E-state index contributed by atoms with van der Waals surface area (Å²) in [6.07, 6.45) is 6.10. The molecule has 2 aliphatic rings. The minimum absolute atomic E-state index is 0.102. The van der Waals surface area contributed by atoms with E-state index in [1.165, 1.54) is 19.0 Å². The molecule has 0 radical (unpaired) electrons. The SMILES string of the molecule is C[C@H]1CCC[C@H](NC(=O)CN2CCN(C(=O)c3cn[nH]n3)CC2)C1. The second kappa shape index (κ2) is 7.74. The number of H-pyrrole nitrogens is 1. The molecule has 2 heterocycles. The Morgan fingerprint density at radius 2 is 2.08 bits per heavy atom. The van der Waals surface area contributed by atoms with Gasteiger partial charge in [-0.1, -0.05) is 19.8 Å². The minimum Gasteiger partial charge on any atom is -0.352 e. The molecule has 2 fully saturated rings. The van der Waals surface area contributed by atoms with Gasteiger partial charge in [-0.3, -0.25) is 14.5 Å². The normalized spacial score (nSPS) is 25.5. The Morgan fingerprint density at radius 3 is 2.75 bits per heavy atom. The van der Waals surface area contributed by atoms with Crippen LogP contribution in [0.3, 0.4) is 0 Å². The summed E-state index contributed by atoms with van der Waals surface area (Å²) in [5.41, 5.74) is 0.340. The predicted molar refractivity (Wildman–Crippen MR) is 88.3 cm³/mol. The largest absolute Gasteiger partial charge is 0.352 e. The minimum atomic E-state index is -0.107. The highest BCUT2D eigenvalue weighted by Gasteiger charge is 2.26. The number of hydrogen-bond acceptors (Lipinski definition) is 5. The molecule has 0 bridgehead atoms. The van der Waals surface area contributed by atoms with E-state index in [-0.39, 0.29) is 11.8 Å². The van der Waals surface area contributed by atoms with Gasteiger partial charge in [0.2, 0.25) is 5.91 Å². The number of amides is 2. The van der Waals surface area contributed by atoms with Crippen molar-refractivity contribution in [3.05, 3.63) is 11.9 Å². The van der Waals surface area contributed by atoms with Crippen LogP contribution in [0.2, 0.25) is 0 Å². The van der Waals surface area contributed by atoms with E-state index in [9.17, 15) is 9.59 Å². The number of aromatic nitrogens is 3. The molecule has 2 atom stereocenters. The Labute approximate surface area is 142 Å². The van der Waals surface area contributed by atoms with Gasteiger partial charge in [0.15, 0.2) is 5.69 Å². The van der Waals surface area contributed by atoms with Crippen LogP contribution in [0.25, 0.3) is 0 Å². The maximum atomic E-state index is 12.2. The third-order valence-corrected chi connectivity index (χ3v) is 4.96. The fourth-order valence-electron chi connectivity index (χ4n) is 3.62. The van der Waals surface area contributed by atoms with Crippen molar-refractivity contribution in [2.24, 2.45) is 5.92 Å². The zero-order valence-corrected chi connectivity index (χ0v) is 14.2. The molecule has 8 heteroatoms. The third-order valence-electron chi connectivity index (χ3n) is 4.96. The number of hydrogen-bond donors (Lipinski definition) is 2. The second-order valence-electron chi connectivity index (χ2n) is 6.96. The summed E-state index contributed by atoms with van der Waals surface area (Å²) in [5.74, 6) is 0.699. The maximum Gasteiger partial charge on any atom is 0.276 e. The first-order chi connectivity index (χ1) is 11.6. The van der Waals surface area contributed by atoms with E-state index in [0.717, 1.165) is 12.8 Å². The standard InChI is InChI=1S/C16H26N6O2/c1-12-3-2-4-13(9-12)18-15(23)11-21-5-7-22(8-6-21)16(24)14-10-17-20-19-14/h10,12-13H,2-9,11H2,1H3,(H,18,23)(H,17,19,20)/t12-,13-/m0/s1. The molecule has 3 rings (SSSR count). The van der Waals surface area contributed by atoms with E-state index in [4.69, 9.17) is 0 Å². The number of nitrogens with zero attached hydrogens (tertiary/aromatic N) is 4. The van der Waals surface area contributed by atoms with Gasteiger partial charge in [-0.25, -0.2) is 0 Å². The van der Waals surface area contributed by atoms with Crippen LogP contribution in [0, 0.1) is 5.92 Å². The number of aromatic amines is 1. The molecule has 1 saturated heterocycles. The summed E-state index contributed by atoms with van der Waals surface area (Å²) < 4.78 is 0. The molecule has 0 spiro atoms. The van der Waals surface area contributed by atoms with E-state index in [2.05, 4.69) is 32.6 Å². The van der Waals surface area contributed by atoms with Crippen molar-refractivity contribution in [3.63, 3.8) is 0 Å². The Balaban J connectivity index is 1.40. The molecular formula is C16H26N6O2. The number of carbonyl (C=O) groups is 2. The number of carbonyl (C=O) groups excluding carboxylic acids is 2. The van der Waals surface area contributed by atoms with Crippen molar-refractivity contribution in [2.45, 2.75) is 38.6 Å². The second-order valence-corrected chi connectivity index (χ2v) is 6.96. The summed E-state index contributed by atoms with van der Waals surface area (Å²) in [7, 11) is 0. The van der Waals surface area contributed by atoms with Gasteiger partial charge in [0, 0.05) is 32.2 Å². The van der Waals surface area contributed by atoms with Crippen molar-refractivity contribution in [3.8, 4) is 0 Å². The summed E-state index contributed by atoms with van der Waals surface area (Å²) in [5, 5.41) is 13.1. The highest BCUT2D eigenvalue weighted by atomic mass is 16.2. The summed E-state index contributed by atoms with van der Waals surface area (Å²) in [6, 6.07) is 0.330. The fourth-order valence-corrected chi connectivity index (χ4v) is 3.62. The van der Waals surface area contributed by atoms with Crippen molar-refractivity contribution in [2.75, 3.05) is 32.7 Å². The van der Waals surface area contributed by atoms with Gasteiger partial charge in [-0.15, -0.1) is 0 Å². The highest BCUT2D eigenvalue weighted by Crippen LogP contribution is 2.23. The molecule has 24 heavy (non-hydrogen) atoms. The molecule has 8 nitrogen and oxygen atoms in total. The smallest absolute Gasteiger partial charge is 0.276 e. The summed E-state index contributed by atoms with van der Waals surface area (Å²) in [4.78, 5) is 28.3. The van der Waals surface area contributed by atoms with Gasteiger partial charge >= 0.3 is 0 Å². The summed E-state index contributed by atoms with van der Waals surface area (Å²) >= 11 is 0. The van der Waals surface area contributed by atoms with E-state index in [1.54, 1.807) is 4.90 Å². The average molecular weight is 334 g/mol. The van der Waals surface area contributed by atoms with E-state index < -0.39 is 0 Å². The van der Waals surface area contributed by atoms with Gasteiger partial charge in [0.25, 0.3) is 5.91 Å². The first kappa shape index (κ1) is 16.9. The summed E-state index contributed by atoms with van der Waals surface area (Å²) in [6.45, 7) is 5.30. The number of piperazine rings is 1. The Hall–Kier alpha value is -1.96. The zero-order valence-electron chi connectivity index (χ0n) is 14.2. The Kier molecular flexibility index (Phi) is 5.44. The quantitative estimate of drug-likeness (QED) is 0.823. The molecule has 1 aliphatic carbocycles. The molecule has 0 aromatic carbocycles. The van der Waals surface area contributed by atoms with Gasteiger partial charge in [-0.05, 0) is 18.8 Å². The molecule has 0 unspecified atom stereocenters. The van der Waals surface area contributed by atoms with Crippen LogP contribution in [0.15, 0.2) is 6.20 Å². The molecule has 1 aromatic heterocycles. The molecule has 2 amide bonds. The topological polar surface area (TPSA) is 94.2 Å². The number of nitrogens with one attached hydrogen (secondary N) is 2. The van der Waals surface area contributed by atoms with Crippen molar-refractivity contribution in [1.82, 2.24) is 30.5 Å². The molecule has 1 aromatic rings. The monoisotopic (exact) mass is 334 g/mol. The average Bonchev–Trinajstić information content (AvgIpc) is 3.09. The van der Waals surface area contributed by atoms with Gasteiger partial charge in [0.05, 0.1) is 12.7 Å². The van der Waals surface area contributed by atoms with Gasteiger partial charge in [-0.2, -0.15) is 15.4 Å². The molecule has 1 saturated carbocycles. The van der Waals surface area contributed by atoms with Crippen LogP contribution in [0.1, 0.15) is 43.1 Å². The molecular weight excluding hydrogens is 308 g/mol. The maximum absolute atomic E-state index is 12.2. The first-order valence-electron chi connectivity index (χ1n) is 8.78. The molecule has 1 aliphatic heterocycles. The molecule has 2 N–H and O–H groups in total. The van der Waals surface area contributed by atoms with E-state index in [1.807, 2.05) is 0 Å². The zero-order chi connectivity index (χ0) is 16.9. The van der Waals surface area contributed by atoms with E-state index in [0.29, 0.717) is 50.4 Å². The van der Waals surface area contributed by atoms with Crippen molar-refractivity contribution < 1.29 is 9.59 Å². The lowest BCUT2D eigenvalue weighted by Gasteiger charge is -2.34. The van der Waals surface area contributed by atoms with E-state index >= 15 is 0 Å². The lowest BCUT2D eigenvalue weighted by Crippen LogP contribution is -2.52. The fraction of sp³-hybridized carbons (Fsp3) is 0.750. The molecule has 132 valence electrons. The Morgan fingerprint density at radius 1 is 1.29 bits per heavy atom. The third kappa shape index (κ3) is 4.31. The Bertz CT molecular complexity index is 553. The van der Waals surface area contributed by atoms with Crippen LogP contribution in [0.4, 0.5) is 0 Å². The highest BCUT2D eigenvalue weighted by molar-refractivity contribution is 5.92. The van der Waals surface area contributed by atoms with Gasteiger partial charge in [0.1, 0.15) is 0 Å². The lowest BCUT2D eigenvalue weighted by atomic mass is 9.87. The van der Waals surface area contributed by atoms with Crippen molar-refractivity contribution >= 4 is 11.8 Å². The van der Waals surface area contributed by atoms with Gasteiger partial charge < -0.3 is 10.2 Å². The van der Waals surface area contributed by atoms with Crippen LogP contribution in [0.5, 0.6) is 0 Å². The predicted octanol–water partition coefficient (Wildman–Crippen LogP) is 0.257. The first-order valence-corrected chi connectivity index (χ1v) is 8.78. The van der Waals surface area contributed by atoms with Crippen LogP contribution < -0.4 is 5.32 Å². The van der Waals surface area contributed by atoms with Crippen LogP contribution in [-0.4, -0.2) is 75.8 Å². The lowest BCUT2D eigenvalue weighted by molar-refractivity contribution is -0.123. The van der Waals surface area contributed by atoms with Crippen LogP contribution in [-0.2, 0) is 4.79 Å².